The van der Waals surface area contributed by atoms with Crippen molar-refractivity contribution >= 4 is 0 Å². The summed E-state index contributed by atoms with van der Waals surface area (Å²) in [4.78, 5) is 0. The van der Waals surface area contributed by atoms with Crippen molar-refractivity contribution in [3.63, 3.8) is 0 Å². The highest BCUT2D eigenvalue weighted by atomic mass is 14.9. The molecule has 0 aliphatic carbocycles. The van der Waals surface area contributed by atoms with Crippen LogP contribution >= 0.6 is 0 Å². The first kappa shape index (κ1) is 15.0. The third-order valence-electron chi connectivity index (χ3n) is 3.44. The van der Waals surface area contributed by atoms with Gasteiger partial charge in [0.1, 0.15) is 0 Å². The Kier molecular flexibility index (Phi) is 6.74. The second-order valence-corrected chi connectivity index (χ2v) is 5.22. The van der Waals surface area contributed by atoms with Gasteiger partial charge in [-0.3, -0.25) is 0 Å². The van der Waals surface area contributed by atoms with Gasteiger partial charge in [-0.1, -0.05) is 36.8 Å². The van der Waals surface area contributed by atoms with Crippen LogP contribution < -0.4 is 5.32 Å². The van der Waals surface area contributed by atoms with E-state index < -0.39 is 0 Å². The SMILES string of the molecule is C=C(C)CCC(CCc1ccccc1C)NCC. The van der Waals surface area contributed by atoms with Gasteiger partial charge in [0.2, 0.25) is 0 Å². The minimum absolute atomic E-state index is 0.617. The van der Waals surface area contributed by atoms with E-state index in [4.69, 9.17) is 0 Å². The van der Waals surface area contributed by atoms with Crippen LogP contribution in [0.4, 0.5) is 0 Å². The van der Waals surface area contributed by atoms with Crippen LogP contribution in [0.3, 0.4) is 0 Å². The van der Waals surface area contributed by atoms with Crippen LogP contribution in [-0.4, -0.2) is 12.6 Å². The van der Waals surface area contributed by atoms with Crippen LogP contribution in [0.15, 0.2) is 36.4 Å². The third kappa shape index (κ3) is 5.50. The Bertz CT molecular complexity index is 368. The molecule has 0 radical (unpaired) electrons. The summed E-state index contributed by atoms with van der Waals surface area (Å²) in [6.07, 6.45) is 4.72. The van der Waals surface area contributed by atoms with Gasteiger partial charge in [-0.05, 0) is 57.2 Å². The number of hydrogen-bond donors (Lipinski definition) is 1. The van der Waals surface area contributed by atoms with E-state index in [0.717, 1.165) is 13.0 Å². The smallest absolute Gasteiger partial charge is 0.00731 e. The van der Waals surface area contributed by atoms with Crippen molar-refractivity contribution in [1.82, 2.24) is 5.32 Å². The lowest BCUT2D eigenvalue weighted by Crippen LogP contribution is -2.29. The zero-order valence-electron chi connectivity index (χ0n) is 12.1. The quantitative estimate of drug-likeness (QED) is 0.675. The molecule has 0 aromatic heterocycles. The summed E-state index contributed by atoms with van der Waals surface area (Å²) in [5.41, 5.74) is 4.18. The highest BCUT2D eigenvalue weighted by Gasteiger charge is 2.08. The molecule has 1 aromatic carbocycles. The molecule has 18 heavy (non-hydrogen) atoms. The molecule has 0 fully saturated rings. The summed E-state index contributed by atoms with van der Waals surface area (Å²) in [5, 5.41) is 3.59. The Morgan fingerprint density at radius 1 is 1.28 bits per heavy atom. The van der Waals surface area contributed by atoms with Crippen molar-refractivity contribution in [2.75, 3.05) is 6.54 Å². The Labute approximate surface area is 112 Å². The van der Waals surface area contributed by atoms with Gasteiger partial charge in [0, 0.05) is 6.04 Å². The van der Waals surface area contributed by atoms with Crippen molar-refractivity contribution in [2.45, 2.75) is 52.5 Å². The van der Waals surface area contributed by atoms with Crippen LogP contribution in [0.2, 0.25) is 0 Å². The zero-order chi connectivity index (χ0) is 13.4. The normalized spacial score (nSPS) is 12.4. The molecule has 1 aromatic rings. The number of aryl methyl sites for hydroxylation is 2. The van der Waals surface area contributed by atoms with Crippen LogP contribution in [0.5, 0.6) is 0 Å². The molecule has 0 spiro atoms. The number of rotatable bonds is 8. The Morgan fingerprint density at radius 3 is 2.61 bits per heavy atom. The monoisotopic (exact) mass is 245 g/mol. The highest BCUT2D eigenvalue weighted by molar-refractivity contribution is 5.25. The van der Waals surface area contributed by atoms with Gasteiger partial charge in [0.05, 0.1) is 0 Å². The first-order chi connectivity index (χ1) is 8.63. The minimum Gasteiger partial charge on any atom is -0.314 e. The molecule has 1 unspecified atom stereocenters. The fourth-order valence-electron chi connectivity index (χ4n) is 2.28. The maximum absolute atomic E-state index is 3.99. The third-order valence-corrected chi connectivity index (χ3v) is 3.44. The molecule has 100 valence electrons. The molecule has 1 N–H and O–H groups in total. The molecule has 0 saturated carbocycles. The molecule has 0 aliphatic heterocycles. The summed E-state index contributed by atoms with van der Waals surface area (Å²) in [5.74, 6) is 0. The van der Waals surface area contributed by atoms with E-state index in [0.29, 0.717) is 6.04 Å². The average molecular weight is 245 g/mol. The van der Waals surface area contributed by atoms with E-state index in [-0.39, 0.29) is 0 Å². The summed E-state index contributed by atoms with van der Waals surface area (Å²) in [6.45, 7) is 11.5. The average Bonchev–Trinajstić information content (AvgIpc) is 2.34. The first-order valence-corrected chi connectivity index (χ1v) is 7.05. The largest absolute Gasteiger partial charge is 0.314 e. The minimum atomic E-state index is 0.617. The number of benzene rings is 1. The molecular formula is C17H27N. The summed E-state index contributed by atoms with van der Waals surface area (Å²) < 4.78 is 0. The lowest BCUT2D eigenvalue weighted by atomic mass is 9.97. The molecule has 0 bridgehead atoms. The van der Waals surface area contributed by atoms with Crippen LogP contribution in [0.25, 0.3) is 0 Å². The molecule has 0 amide bonds. The van der Waals surface area contributed by atoms with Crippen LogP contribution in [0, 0.1) is 6.92 Å². The van der Waals surface area contributed by atoms with Crippen LogP contribution in [0.1, 0.15) is 44.2 Å². The van der Waals surface area contributed by atoms with Gasteiger partial charge in [0.25, 0.3) is 0 Å². The predicted molar refractivity (Wildman–Crippen MR) is 81.0 cm³/mol. The second-order valence-electron chi connectivity index (χ2n) is 5.22. The lowest BCUT2D eigenvalue weighted by Gasteiger charge is -2.18. The Balaban J connectivity index is 2.46. The van der Waals surface area contributed by atoms with Crippen LogP contribution in [-0.2, 0) is 6.42 Å². The van der Waals surface area contributed by atoms with E-state index in [2.05, 4.69) is 56.9 Å². The van der Waals surface area contributed by atoms with E-state index in [9.17, 15) is 0 Å². The zero-order valence-corrected chi connectivity index (χ0v) is 12.1. The van der Waals surface area contributed by atoms with Gasteiger partial charge in [-0.25, -0.2) is 0 Å². The topological polar surface area (TPSA) is 12.0 Å². The lowest BCUT2D eigenvalue weighted by molar-refractivity contribution is 0.463. The summed E-state index contributed by atoms with van der Waals surface area (Å²) in [7, 11) is 0. The van der Waals surface area contributed by atoms with E-state index in [1.807, 2.05) is 0 Å². The van der Waals surface area contributed by atoms with Crippen molar-refractivity contribution in [1.29, 1.82) is 0 Å². The molecule has 1 nitrogen and oxygen atoms in total. The Hall–Kier alpha value is -1.08. The Morgan fingerprint density at radius 2 is 2.00 bits per heavy atom. The molecule has 0 aliphatic rings. The predicted octanol–water partition coefficient (Wildman–Crippen LogP) is 4.26. The van der Waals surface area contributed by atoms with E-state index >= 15 is 0 Å². The van der Waals surface area contributed by atoms with E-state index in [1.165, 1.54) is 36.0 Å². The molecule has 0 saturated heterocycles. The standard InChI is InChI=1S/C17H27N/c1-5-18-17(12-10-14(2)3)13-11-16-9-7-6-8-15(16)4/h6-9,17-18H,2,5,10-13H2,1,3-4H3. The van der Waals surface area contributed by atoms with Crippen molar-refractivity contribution in [2.24, 2.45) is 0 Å². The summed E-state index contributed by atoms with van der Waals surface area (Å²) in [6, 6.07) is 9.31. The number of hydrogen-bond acceptors (Lipinski definition) is 1. The maximum atomic E-state index is 3.99. The first-order valence-electron chi connectivity index (χ1n) is 7.05. The molecule has 1 atom stereocenters. The molecule has 1 heteroatoms. The molecular weight excluding hydrogens is 218 g/mol. The fourth-order valence-corrected chi connectivity index (χ4v) is 2.28. The van der Waals surface area contributed by atoms with Gasteiger partial charge < -0.3 is 5.32 Å². The highest BCUT2D eigenvalue weighted by Crippen LogP contribution is 2.14. The number of allylic oxidation sites excluding steroid dienone is 1. The number of nitrogens with one attached hydrogen (secondary N) is 1. The van der Waals surface area contributed by atoms with Crippen molar-refractivity contribution in [3.8, 4) is 0 Å². The van der Waals surface area contributed by atoms with Gasteiger partial charge in [-0.2, -0.15) is 0 Å². The molecule has 0 heterocycles. The van der Waals surface area contributed by atoms with Gasteiger partial charge >= 0.3 is 0 Å². The molecule has 1 rings (SSSR count). The van der Waals surface area contributed by atoms with Gasteiger partial charge in [-0.15, -0.1) is 6.58 Å². The maximum Gasteiger partial charge on any atom is 0.00731 e. The van der Waals surface area contributed by atoms with Crippen molar-refractivity contribution in [3.05, 3.63) is 47.5 Å². The van der Waals surface area contributed by atoms with E-state index in [1.54, 1.807) is 0 Å². The fraction of sp³-hybridized carbons (Fsp3) is 0.529. The van der Waals surface area contributed by atoms with Gasteiger partial charge in [0.15, 0.2) is 0 Å². The summed E-state index contributed by atoms with van der Waals surface area (Å²) >= 11 is 0. The van der Waals surface area contributed by atoms with Crippen molar-refractivity contribution < 1.29 is 0 Å². The second kappa shape index (κ2) is 8.10.